The zero-order chi connectivity index (χ0) is 14.5. The van der Waals surface area contributed by atoms with Gasteiger partial charge in [0.25, 0.3) is 0 Å². The summed E-state index contributed by atoms with van der Waals surface area (Å²) in [6.07, 6.45) is 0. The zero-order valence-corrected chi connectivity index (χ0v) is 12.5. The topological polar surface area (TPSA) is 62.3 Å². The highest BCUT2D eigenvalue weighted by Crippen LogP contribution is 2.20. The maximum absolute atomic E-state index is 7.60. The molecule has 0 bridgehead atoms. The quantitative estimate of drug-likeness (QED) is 0.635. The highest BCUT2D eigenvalue weighted by atomic mass is 32.1. The van der Waals surface area contributed by atoms with E-state index in [9.17, 15) is 0 Å². The van der Waals surface area contributed by atoms with Gasteiger partial charge in [-0.2, -0.15) is 0 Å². The summed E-state index contributed by atoms with van der Waals surface area (Å²) in [6, 6.07) is 10.00. The third kappa shape index (κ3) is 3.59. The van der Waals surface area contributed by atoms with Crippen molar-refractivity contribution in [2.75, 3.05) is 14.2 Å². The van der Waals surface area contributed by atoms with Crippen LogP contribution in [0.1, 0.15) is 16.0 Å². The Kier molecular flexibility index (Phi) is 4.76. The number of nitrogen functional groups attached to an aromatic ring is 1. The molecule has 106 valence electrons. The lowest BCUT2D eigenvalue weighted by molar-refractivity contribution is 0.321. The molecule has 0 saturated heterocycles. The lowest BCUT2D eigenvalue weighted by Crippen LogP contribution is -2.18. The van der Waals surface area contributed by atoms with E-state index in [0.717, 1.165) is 18.7 Å². The van der Waals surface area contributed by atoms with Gasteiger partial charge in [0.05, 0.1) is 12.7 Å². The number of rotatable bonds is 6. The van der Waals surface area contributed by atoms with Gasteiger partial charge < -0.3 is 10.5 Å². The first kappa shape index (κ1) is 14.6. The first-order valence-corrected chi connectivity index (χ1v) is 7.20. The summed E-state index contributed by atoms with van der Waals surface area (Å²) in [6.45, 7) is 1.72. The predicted octanol–water partition coefficient (Wildman–Crippen LogP) is 2.67. The highest BCUT2D eigenvalue weighted by Gasteiger charge is 2.09. The van der Waals surface area contributed by atoms with E-state index >= 15 is 0 Å². The molecule has 0 aliphatic heterocycles. The van der Waals surface area contributed by atoms with Gasteiger partial charge in [0.15, 0.2) is 0 Å². The summed E-state index contributed by atoms with van der Waals surface area (Å²) >= 11 is 1.76. The van der Waals surface area contributed by atoms with E-state index in [0.29, 0.717) is 11.3 Å². The van der Waals surface area contributed by atoms with Crippen LogP contribution in [0, 0.1) is 5.41 Å². The molecule has 0 amide bonds. The van der Waals surface area contributed by atoms with E-state index in [1.165, 1.54) is 4.88 Å². The minimum absolute atomic E-state index is 0.0320. The molecule has 0 fully saturated rings. The van der Waals surface area contributed by atoms with E-state index in [1.807, 2.05) is 18.2 Å². The van der Waals surface area contributed by atoms with Gasteiger partial charge in [-0.3, -0.25) is 10.3 Å². The van der Waals surface area contributed by atoms with E-state index in [2.05, 4.69) is 29.5 Å². The highest BCUT2D eigenvalue weighted by molar-refractivity contribution is 7.09. The molecule has 0 spiro atoms. The molecule has 0 radical (unpaired) electrons. The first-order chi connectivity index (χ1) is 9.60. The van der Waals surface area contributed by atoms with Crippen LogP contribution < -0.4 is 10.5 Å². The van der Waals surface area contributed by atoms with Crippen LogP contribution in [0.15, 0.2) is 35.7 Å². The molecule has 2 aromatic rings. The summed E-state index contributed by atoms with van der Waals surface area (Å²) in [4.78, 5) is 3.57. The summed E-state index contributed by atoms with van der Waals surface area (Å²) in [5.41, 5.74) is 7.36. The Morgan fingerprint density at radius 3 is 2.75 bits per heavy atom. The third-order valence-corrected chi connectivity index (χ3v) is 3.87. The molecule has 0 aliphatic rings. The molecule has 1 heterocycles. The van der Waals surface area contributed by atoms with Gasteiger partial charge in [0.2, 0.25) is 0 Å². The number of nitrogens with two attached hydrogens (primary N) is 1. The summed E-state index contributed by atoms with van der Waals surface area (Å²) in [5.74, 6) is 0.673. The number of methoxy groups -OCH3 is 1. The molecule has 0 atom stereocenters. The smallest absolute Gasteiger partial charge is 0.129 e. The van der Waals surface area contributed by atoms with Gasteiger partial charge in [-0.25, -0.2) is 0 Å². The van der Waals surface area contributed by atoms with E-state index < -0.39 is 0 Å². The molecule has 4 nitrogen and oxygen atoms in total. The van der Waals surface area contributed by atoms with Gasteiger partial charge in [-0.05, 0) is 36.2 Å². The second-order valence-corrected chi connectivity index (χ2v) is 5.73. The molecule has 20 heavy (non-hydrogen) atoms. The molecule has 3 N–H and O–H groups in total. The van der Waals surface area contributed by atoms with Crippen molar-refractivity contribution in [3.8, 4) is 5.75 Å². The fraction of sp³-hybridized carbons (Fsp3) is 0.267. The van der Waals surface area contributed by atoms with Crippen molar-refractivity contribution in [3.05, 3.63) is 51.7 Å². The Balaban J connectivity index is 2.09. The maximum Gasteiger partial charge on any atom is 0.129 e. The average molecular weight is 289 g/mol. The fourth-order valence-electron chi connectivity index (χ4n) is 2.10. The average Bonchev–Trinajstić information content (AvgIpc) is 2.91. The standard InChI is InChI=1S/C15H19N3OS/c1-18(10-12-4-3-7-20-12)9-11-5-6-14(19-2)13(8-11)15(16)17/h3-8H,9-10H2,1-2H3,(H3,16,17). The Morgan fingerprint density at radius 2 is 2.15 bits per heavy atom. The molecule has 0 unspecified atom stereocenters. The molecule has 0 saturated carbocycles. The number of amidine groups is 1. The number of hydrogen-bond acceptors (Lipinski definition) is 4. The monoisotopic (exact) mass is 289 g/mol. The zero-order valence-electron chi connectivity index (χ0n) is 11.7. The van der Waals surface area contributed by atoms with Gasteiger partial charge in [0, 0.05) is 18.0 Å². The Hall–Kier alpha value is -1.85. The Bertz CT molecular complexity index is 581. The number of ether oxygens (including phenoxy) is 1. The second-order valence-electron chi connectivity index (χ2n) is 4.70. The van der Waals surface area contributed by atoms with Gasteiger partial charge in [-0.1, -0.05) is 12.1 Å². The second kappa shape index (κ2) is 6.54. The molecular weight excluding hydrogens is 270 g/mol. The van der Waals surface area contributed by atoms with Crippen LogP contribution in [0.5, 0.6) is 5.75 Å². The van der Waals surface area contributed by atoms with Crippen molar-refractivity contribution in [1.29, 1.82) is 5.41 Å². The van der Waals surface area contributed by atoms with Crippen LogP contribution in [0.25, 0.3) is 0 Å². The van der Waals surface area contributed by atoms with Crippen LogP contribution >= 0.6 is 11.3 Å². The van der Waals surface area contributed by atoms with Crippen LogP contribution in [-0.4, -0.2) is 24.9 Å². The van der Waals surface area contributed by atoms with Crippen molar-refractivity contribution >= 4 is 17.2 Å². The minimum Gasteiger partial charge on any atom is -0.496 e. The fourth-order valence-corrected chi connectivity index (χ4v) is 2.88. The SMILES string of the molecule is COc1ccc(CN(C)Cc2cccs2)cc1C(=N)N. The lowest BCUT2D eigenvalue weighted by atomic mass is 10.1. The number of nitrogens with one attached hydrogen (secondary N) is 1. The lowest BCUT2D eigenvalue weighted by Gasteiger charge is -2.17. The Morgan fingerprint density at radius 1 is 1.35 bits per heavy atom. The predicted molar refractivity (Wildman–Crippen MR) is 83.5 cm³/mol. The van der Waals surface area contributed by atoms with Crippen molar-refractivity contribution in [1.82, 2.24) is 4.90 Å². The van der Waals surface area contributed by atoms with Crippen LogP contribution in [-0.2, 0) is 13.1 Å². The summed E-state index contributed by atoms with van der Waals surface area (Å²) < 4.78 is 5.22. The summed E-state index contributed by atoms with van der Waals surface area (Å²) in [5, 5.41) is 9.69. The van der Waals surface area contributed by atoms with E-state index in [-0.39, 0.29) is 5.84 Å². The molecule has 1 aromatic heterocycles. The first-order valence-electron chi connectivity index (χ1n) is 6.32. The molecular formula is C15H19N3OS. The van der Waals surface area contributed by atoms with E-state index in [1.54, 1.807) is 18.4 Å². The molecule has 5 heteroatoms. The van der Waals surface area contributed by atoms with Crippen molar-refractivity contribution in [2.24, 2.45) is 5.73 Å². The molecule has 1 aromatic carbocycles. The summed E-state index contributed by atoms with van der Waals surface area (Å²) in [7, 11) is 3.67. The largest absolute Gasteiger partial charge is 0.496 e. The van der Waals surface area contributed by atoms with Gasteiger partial charge >= 0.3 is 0 Å². The normalized spacial score (nSPS) is 10.8. The maximum atomic E-state index is 7.60. The van der Waals surface area contributed by atoms with Crippen LogP contribution in [0.3, 0.4) is 0 Å². The minimum atomic E-state index is 0.0320. The number of thiophene rings is 1. The van der Waals surface area contributed by atoms with E-state index in [4.69, 9.17) is 15.9 Å². The van der Waals surface area contributed by atoms with Gasteiger partial charge in [0.1, 0.15) is 11.6 Å². The number of benzene rings is 1. The third-order valence-electron chi connectivity index (χ3n) is 3.01. The van der Waals surface area contributed by atoms with Crippen molar-refractivity contribution in [3.63, 3.8) is 0 Å². The number of nitrogens with zero attached hydrogens (tertiary/aromatic N) is 1. The van der Waals surface area contributed by atoms with Gasteiger partial charge in [-0.15, -0.1) is 11.3 Å². The van der Waals surface area contributed by atoms with Crippen LogP contribution in [0.4, 0.5) is 0 Å². The van der Waals surface area contributed by atoms with Crippen molar-refractivity contribution < 1.29 is 4.74 Å². The Labute approximate surface area is 123 Å². The van der Waals surface area contributed by atoms with Crippen molar-refractivity contribution in [2.45, 2.75) is 13.1 Å². The molecule has 2 rings (SSSR count). The van der Waals surface area contributed by atoms with Crippen LogP contribution in [0.2, 0.25) is 0 Å². The molecule has 0 aliphatic carbocycles. The number of hydrogen-bond donors (Lipinski definition) is 2.